The molecular formula is C23H18ClF3N4O3. The average Bonchev–Trinajstić information content (AvgIpc) is 2.82. The van der Waals surface area contributed by atoms with Crippen LogP contribution in [0.1, 0.15) is 15.9 Å². The number of benzene rings is 2. The molecular weight excluding hydrogens is 473 g/mol. The average molecular weight is 491 g/mol. The molecule has 0 unspecified atom stereocenters. The molecule has 0 spiro atoms. The maximum Gasteiger partial charge on any atom is 0.416 e. The van der Waals surface area contributed by atoms with E-state index in [-0.39, 0.29) is 29.5 Å². The van der Waals surface area contributed by atoms with Crippen molar-refractivity contribution < 1.29 is 27.5 Å². The number of carbonyl (C=O) groups is 2. The molecule has 176 valence electrons. The van der Waals surface area contributed by atoms with Crippen LogP contribution in [0.15, 0.2) is 60.8 Å². The number of hydrogen-bond acceptors (Lipinski definition) is 5. The molecule has 2 amide bonds. The molecule has 2 heterocycles. The first kappa shape index (κ1) is 23.4. The summed E-state index contributed by atoms with van der Waals surface area (Å²) in [4.78, 5) is 31.5. The van der Waals surface area contributed by atoms with Gasteiger partial charge in [0.05, 0.1) is 21.8 Å². The van der Waals surface area contributed by atoms with E-state index in [1.807, 2.05) is 0 Å². The molecule has 11 heteroatoms. The van der Waals surface area contributed by atoms with Crippen molar-refractivity contribution in [3.8, 4) is 5.75 Å². The molecule has 7 nitrogen and oxygen atoms in total. The van der Waals surface area contributed by atoms with Gasteiger partial charge in [-0.05, 0) is 48.5 Å². The van der Waals surface area contributed by atoms with E-state index in [1.165, 1.54) is 31.4 Å². The number of amides is 2. The van der Waals surface area contributed by atoms with Crippen LogP contribution in [0.4, 0.5) is 30.4 Å². The summed E-state index contributed by atoms with van der Waals surface area (Å²) in [5.41, 5.74) is -0.126. The minimum absolute atomic E-state index is 0.0931. The number of ether oxygens (including phenoxy) is 1. The normalized spacial score (nSPS) is 15.2. The summed E-state index contributed by atoms with van der Waals surface area (Å²) < 4.78 is 44.2. The molecule has 34 heavy (non-hydrogen) atoms. The number of anilines is 3. The van der Waals surface area contributed by atoms with E-state index < -0.39 is 23.7 Å². The third-order valence-corrected chi connectivity index (χ3v) is 5.48. The Morgan fingerprint density at radius 3 is 2.50 bits per heavy atom. The Labute approximate surface area is 197 Å². The summed E-state index contributed by atoms with van der Waals surface area (Å²) >= 11 is 6.36. The molecule has 0 saturated carbocycles. The van der Waals surface area contributed by atoms with Gasteiger partial charge in [0.1, 0.15) is 12.6 Å². The highest BCUT2D eigenvalue weighted by molar-refractivity contribution is 6.33. The highest BCUT2D eigenvalue weighted by atomic mass is 35.5. The number of alkyl halides is 3. The fourth-order valence-electron chi connectivity index (χ4n) is 3.57. The van der Waals surface area contributed by atoms with Crippen LogP contribution in [0, 0.1) is 0 Å². The van der Waals surface area contributed by atoms with Gasteiger partial charge < -0.3 is 20.3 Å². The third-order valence-electron chi connectivity index (χ3n) is 5.18. The highest BCUT2D eigenvalue weighted by Gasteiger charge is 2.37. The fourth-order valence-corrected chi connectivity index (χ4v) is 3.78. The molecule has 1 aliphatic rings. The van der Waals surface area contributed by atoms with E-state index >= 15 is 0 Å². The van der Waals surface area contributed by atoms with Crippen LogP contribution in [-0.2, 0) is 11.0 Å². The Hall–Kier alpha value is -3.79. The van der Waals surface area contributed by atoms with Crippen LogP contribution in [0.5, 0.6) is 5.75 Å². The Kier molecular flexibility index (Phi) is 6.34. The lowest BCUT2D eigenvalue weighted by Crippen LogP contribution is -2.50. The van der Waals surface area contributed by atoms with Crippen LogP contribution < -0.4 is 20.3 Å². The van der Waals surface area contributed by atoms with E-state index in [9.17, 15) is 22.8 Å². The molecule has 0 aliphatic carbocycles. The number of pyridine rings is 1. The molecule has 0 saturated heterocycles. The second kappa shape index (κ2) is 9.22. The van der Waals surface area contributed by atoms with Gasteiger partial charge in [0.2, 0.25) is 5.91 Å². The summed E-state index contributed by atoms with van der Waals surface area (Å²) in [5.74, 6) is -0.439. The van der Waals surface area contributed by atoms with Crippen molar-refractivity contribution in [3.63, 3.8) is 0 Å². The largest absolute Gasteiger partial charge is 0.488 e. The molecule has 1 aliphatic heterocycles. The predicted molar refractivity (Wildman–Crippen MR) is 121 cm³/mol. The quantitative estimate of drug-likeness (QED) is 0.556. The smallest absolute Gasteiger partial charge is 0.416 e. The number of para-hydroxylation sites is 1. The monoisotopic (exact) mass is 490 g/mol. The number of likely N-dealkylation sites (N-methyl/N-ethyl adjacent to an activating group) is 1. The summed E-state index contributed by atoms with van der Waals surface area (Å²) in [5, 5.41) is 5.45. The first-order valence-electron chi connectivity index (χ1n) is 10.1. The number of rotatable bonds is 4. The van der Waals surface area contributed by atoms with Gasteiger partial charge in [-0.3, -0.25) is 9.59 Å². The van der Waals surface area contributed by atoms with Gasteiger partial charge in [0, 0.05) is 18.9 Å². The number of nitrogens with zero attached hydrogens (tertiary/aromatic N) is 2. The number of halogens is 4. The molecule has 4 rings (SSSR count). The Balaban J connectivity index is 1.70. The van der Waals surface area contributed by atoms with Crippen LogP contribution in [-0.4, -0.2) is 36.5 Å². The standard InChI is InChI=1S/C23H18ClF3N4O3/c1-28-22(33)18-12-34-19-15(21(32)30-14-9-7-13(8-10-14)23(25,26)27)4-2-6-17(19)31(18)20-16(24)5-3-11-29-20/h2-11,18H,12H2,1H3,(H,28,33)(H,30,32)/t18-/m0/s1. The summed E-state index contributed by atoms with van der Waals surface area (Å²) in [6.45, 7) is -0.0931. The van der Waals surface area contributed by atoms with Crippen molar-refractivity contribution in [1.29, 1.82) is 0 Å². The minimum Gasteiger partial charge on any atom is -0.488 e. The van der Waals surface area contributed by atoms with Crippen molar-refractivity contribution in [2.24, 2.45) is 0 Å². The van der Waals surface area contributed by atoms with E-state index in [0.717, 1.165) is 12.1 Å². The lowest BCUT2D eigenvalue weighted by molar-refractivity contribution is -0.137. The van der Waals surface area contributed by atoms with Gasteiger partial charge in [0.25, 0.3) is 5.91 Å². The van der Waals surface area contributed by atoms with Crippen molar-refractivity contribution in [2.45, 2.75) is 12.2 Å². The number of carbonyl (C=O) groups excluding carboxylic acids is 2. The predicted octanol–water partition coefficient (Wildman–Crippen LogP) is 4.65. The number of hydrogen-bond donors (Lipinski definition) is 2. The maximum atomic E-state index is 13.0. The van der Waals surface area contributed by atoms with Gasteiger partial charge in [-0.25, -0.2) is 4.98 Å². The summed E-state index contributed by atoms with van der Waals surface area (Å²) in [6, 6.07) is 11.3. The maximum absolute atomic E-state index is 13.0. The zero-order valence-electron chi connectivity index (χ0n) is 17.7. The second-order valence-electron chi connectivity index (χ2n) is 7.30. The van der Waals surface area contributed by atoms with Gasteiger partial charge >= 0.3 is 6.18 Å². The molecule has 0 fully saturated rings. The topological polar surface area (TPSA) is 83.6 Å². The van der Waals surface area contributed by atoms with Crippen LogP contribution in [0.25, 0.3) is 0 Å². The summed E-state index contributed by atoms with van der Waals surface area (Å²) in [7, 11) is 1.49. The molecule has 0 radical (unpaired) electrons. The SMILES string of the molecule is CNC(=O)[C@@H]1COc2c(C(=O)Nc3ccc(C(F)(F)F)cc3)cccc2N1c1ncccc1Cl. The number of aromatic nitrogens is 1. The minimum atomic E-state index is -4.48. The van der Waals surface area contributed by atoms with Gasteiger partial charge in [0.15, 0.2) is 11.6 Å². The molecule has 2 aromatic carbocycles. The molecule has 3 aromatic rings. The van der Waals surface area contributed by atoms with Crippen molar-refractivity contribution in [2.75, 3.05) is 23.9 Å². The van der Waals surface area contributed by atoms with Crippen molar-refractivity contribution in [3.05, 3.63) is 76.9 Å². The molecule has 2 N–H and O–H groups in total. The first-order chi connectivity index (χ1) is 16.2. The lowest BCUT2D eigenvalue weighted by atomic mass is 10.1. The van der Waals surface area contributed by atoms with Crippen molar-refractivity contribution >= 4 is 40.6 Å². The Bertz CT molecular complexity index is 1230. The second-order valence-corrected chi connectivity index (χ2v) is 7.71. The van der Waals surface area contributed by atoms with Gasteiger partial charge in [-0.1, -0.05) is 17.7 Å². The molecule has 0 bridgehead atoms. The zero-order chi connectivity index (χ0) is 24.5. The van der Waals surface area contributed by atoms with Crippen LogP contribution >= 0.6 is 11.6 Å². The lowest BCUT2D eigenvalue weighted by Gasteiger charge is -2.37. The van der Waals surface area contributed by atoms with Crippen molar-refractivity contribution in [1.82, 2.24) is 10.3 Å². The van der Waals surface area contributed by atoms with Gasteiger partial charge in [-0.15, -0.1) is 0 Å². The Morgan fingerprint density at radius 2 is 1.85 bits per heavy atom. The van der Waals surface area contributed by atoms with E-state index in [1.54, 1.807) is 29.2 Å². The fraction of sp³-hybridized carbons (Fsp3) is 0.174. The highest BCUT2D eigenvalue weighted by Crippen LogP contribution is 2.43. The van der Waals surface area contributed by atoms with Gasteiger partial charge in [-0.2, -0.15) is 13.2 Å². The zero-order valence-corrected chi connectivity index (χ0v) is 18.4. The van der Waals surface area contributed by atoms with Crippen LogP contribution in [0.2, 0.25) is 5.02 Å². The molecule has 1 aromatic heterocycles. The Morgan fingerprint density at radius 1 is 1.12 bits per heavy atom. The first-order valence-corrected chi connectivity index (χ1v) is 10.4. The van der Waals surface area contributed by atoms with E-state index in [0.29, 0.717) is 16.5 Å². The van der Waals surface area contributed by atoms with Crippen LogP contribution in [0.3, 0.4) is 0 Å². The molecule has 1 atom stereocenters. The number of nitrogens with one attached hydrogen (secondary N) is 2. The van der Waals surface area contributed by atoms with E-state index in [4.69, 9.17) is 16.3 Å². The summed E-state index contributed by atoms with van der Waals surface area (Å²) in [6.07, 6.45) is -2.95. The number of fused-ring (bicyclic) bond motifs is 1. The van der Waals surface area contributed by atoms with E-state index in [2.05, 4.69) is 15.6 Å². The third kappa shape index (κ3) is 4.49.